The molecule has 5 heteroatoms. The van der Waals surface area contributed by atoms with Crippen LogP contribution in [0.4, 0.5) is 5.82 Å². The molecule has 0 amide bonds. The van der Waals surface area contributed by atoms with Crippen molar-refractivity contribution in [3.8, 4) is 0 Å². The number of rotatable bonds is 1. The molecule has 4 nitrogen and oxygen atoms in total. The number of nitrogen functional groups attached to an aromatic ring is 1. The minimum absolute atomic E-state index is 0.0440. The Morgan fingerprint density at radius 3 is 2.65 bits per heavy atom. The first-order chi connectivity index (χ1) is 7.91. The van der Waals surface area contributed by atoms with Crippen LogP contribution in [0.1, 0.15) is 25.6 Å². The second kappa shape index (κ2) is 4.14. The lowest BCUT2D eigenvalue weighted by molar-refractivity contribution is 0.598. The molecule has 2 N–H and O–H groups in total. The fourth-order valence-electron chi connectivity index (χ4n) is 1.99. The second-order valence-electron chi connectivity index (χ2n) is 4.33. The molecule has 0 fully saturated rings. The van der Waals surface area contributed by atoms with Crippen molar-refractivity contribution < 1.29 is 0 Å². The van der Waals surface area contributed by atoms with E-state index in [-0.39, 0.29) is 11.6 Å². The molecule has 0 aliphatic heterocycles. The van der Waals surface area contributed by atoms with Crippen LogP contribution >= 0.6 is 15.9 Å². The van der Waals surface area contributed by atoms with Crippen molar-refractivity contribution >= 4 is 32.7 Å². The van der Waals surface area contributed by atoms with Crippen LogP contribution < -0.4 is 11.3 Å². The number of halogens is 1. The van der Waals surface area contributed by atoms with Gasteiger partial charge in [0.1, 0.15) is 5.82 Å². The van der Waals surface area contributed by atoms with Crippen LogP contribution in [0, 0.1) is 6.92 Å². The van der Waals surface area contributed by atoms with E-state index in [9.17, 15) is 4.79 Å². The number of hydrogen-bond donors (Lipinski definition) is 1. The summed E-state index contributed by atoms with van der Waals surface area (Å²) in [7, 11) is 0. The number of anilines is 1. The fraction of sp³-hybridized carbons (Fsp3) is 0.333. The number of aromatic nitrogens is 2. The molecule has 0 bridgehead atoms. The van der Waals surface area contributed by atoms with Crippen LogP contribution in [0.5, 0.6) is 0 Å². The number of aryl methyl sites for hydroxylation is 1. The topological polar surface area (TPSA) is 60.9 Å². The highest BCUT2D eigenvalue weighted by Gasteiger charge is 2.12. The van der Waals surface area contributed by atoms with Crippen LogP contribution in [0.2, 0.25) is 0 Å². The molecule has 0 aromatic carbocycles. The Bertz CT molecular complexity index is 646. The molecule has 90 valence electrons. The van der Waals surface area contributed by atoms with Gasteiger partial charge in [0.05, 0.1) is 9.99 Å². The Morgan fingerprint density at radius 1 is 1.41 bits per heavy atom. The number of nitrogens with two attached hydrogens (primary N) is 1. The Balaban J connectivity index is 3.03. The van der Waals surface area contributed by atoms with E-state index in [1.54, 1.807) is 16.7 Å². The zero-order valence-electron chi connectivity index (χ0n) is 9.99. The standard InChI is InChI=1S/C12H14BrN3O/c1-6(2)16-10-5-11(14)15-7(3)8(10)4-9(13)12(16)17/h4-6H,1-3H3,(H2,14,15). The summed E-state index contributed by atoms with van der Waals surface area (Å²) in [5.41, 5.74) is 7.36. The normalized spacial score (nSPS) is 11.4. The molecule has 0 saturated carbocycles. The maximum Gasteiger partial charge on any atom is 0.265 e. The third kappa shape index (κ3) is 1.95. The Kier molecular flexibility index (Phi) is 2.95. The van der Waals surface area contributed by atoms with Crippen LogP contribution in [-0.2, 0) is 0 Å². The molecular formula is C12H14BrN3O. The van der Waals surface area contributed by atoms with Crippen molar-refractivity contribution in [2.45, 2.75) is 26.8 Å². The van der Waals surface area contributed by atoms with E-state index in [0.29, 0.717) is 10.3 Å². The number of nitrogens with zero attached hydrogens (tertiary/aromatic N) is 2. The fourth-order valence-corrected chi connectivity index (χ4v) is 2.41. The van der Waals surface area contributed by atoms with Crippen molar-refractivity contribution in [3.63, 3.8) is 0 Å². The minimum atomic E-state index is -0.0440. The summed E-state index contributed by atoms with van der Waals surface area (Å²) in [4.78, 5) is 16.3. The molecule has 2 aromatic heterocycles. The van der Waals surface area contributed by atoms with E-state index >= 15 is 0 Å². The van der Waals surface area contributed by atoms with Gasteiger partial charge in [-0.25, -0.2) is 4.98 Å². The molecule has 2 aromatic rings. The predicted molar refractivity (Wildman–Crippen MR) is 73.2 cm³/mol. The zero-order valence-corrected chi connectivity index (χ0v) is 11.6. The molecule has 0 atom stereocenters. The first-order valence-corrected chi connectivity index (χ1v) is 6.19. The smallest absolute Gasteiger partial charge is 0.265 e. The third-order valence-electron chi connectivity index (χ3n) is 2.72. The van der Waals surface area contributed by atoms with E-state index in [4.69, 9.17) is 5.73 Å². The molecule has 2 heterocycles. The largest absolute Gasteiger partial charge is 0.384 e. The van der Waals surface area contributed by atoms with E-state index in [2.05, 4.69) is 20.9 Å². The summed E-state index contributed by atoms with van der Waals surface area (Å²) in [6.07, 6.45) is 0. The molecule has 0 saturated heterocycles. The van der Waals surface area contributed by atoms with Gasteiger partial charge in [-0.1, -0.05) is 0 Å². The maximum atomic E-state index is 12.1. The Morgan fingerprint density at radius 2 is 2.06 bits per heavy atom. The highest BCUT2D eigenvalue weighted by atomic mass is 79.9. The van der Waals surface area contributed by atoms with Gasteiger partial charge >= 0.3 is 0 Å². The van der Waals surface area contributed by atoms with Gasteiger partial charge < -0.3 is 10.3 Å². The van der Waals surface area contributed by atoms with Gasteiger partial charge in [0.15, 0.2) is 0 Å². The molecule has 0 aliphatic rings. The molecule has 2 rings (SSSR count). The lowest BCUT2D eigenvalue weighted by Gasteiger charge is -2.15. The van der Waals surface area contributed by atoms with E-state index in [0.717, 1.165) is 16.6 Å². The summed E-state index contributed by atoms with van der Waals surface area (Å²) >= 11 is 3.30. The SMILES string of the molecule is Cc1nc(N)cc2c1cc(Br)c(=O)n2C(C)C. The summed E-state index contributed by atoms with van der Waals surface area (Å²) in [5, 5.41) is 0.944. The number of fused-ring (bicyclic) bond motifs is 1. The first-order valence-electron chi connectivity index (χ1n) is 5.39. The summed E-state index contributed by atoms with van der Waals surface area (Å²) in [5.74, 6) is 0.436. The van der Waals surface area contributed by atoms with Crippen molar-refractivity contribution in [1.29, 1.82) is 0 Å². The monoisotopic (exact) mass is 295 g/mol. The molecule has 0 spiro atoms. The van der Waals surface area contributed by atoms with Crippen molar-refractivity contribution in [3.05, 3.63) is 32.7 Å². The molecular weight excluding hydrogens is 282 g/mol. The Hall–Kier alpha value is -1.36. The highest BCUT2D eigenvalue weighted by molar-refractivity contribution is 9.10. The maximum absolute atomic E-state index is 12.1. The third-order valence-corrected chi connectivity index (χ3v) is 3.29. The van der Waals surface area contributed by atoms with E-state index < -0.39 is 0 Å². The average molecular weight is 296 g/mol. The molecule has 0 unspecified atom stereocenters. The summed E-state index contributed by atoms with van der Waals surface area (Å²) in [6, 6.07) is 3.62. The molecule has 0 aliphatic carbocycles. The van der Waals surface area contributed by atoms with Crippen molar-refractivity contribution in [2.75, 3.05) is 5.73 Å². The van der Waals surface area contributed by atoms with Gasteiger partial charge in [-0.05, 0) is 42.8 Å². The second-order valence-corrected chi connectivity index (χ2v) is 5.18. The van der Waals surface area contributed by atoms with E-state index in [1.165, 1.54) is 0 Å². The zero-order chi connectivity index (χ0) is 12.7. The quantitative estimate of drug-likeness (QED) is 0.880. The van der Waals surface area contributed by atoms with Gasteiger partial charge in [-0.2, -0.15) is 0 Å². The van der Waals surface area contributed by atoms with Gasteiger partial charge in [0, 0.05) is 23.2 Å². The van der Waals surface area contributed by atoms with Gasteiger partial charge in [-0.3, -0.25) is 4.79 Å². The minimum Gasteiger partial charge on any atom is -0.384 e. The van der Waals surface area contributed by atoms with Crippen molar-refractivity contribution in [1.82, 2.24) is 9.55 Å². The van der Waals surface area contributed by atoms with Crippen LogP contribution in [0.3, 0.4) is 0 Å². The predicted octanol–water partition coefficient (Wildman–Crippen LogP) is 2.63. The molecule has 0 radical (unpaired) electrons. The van der Waals surface area contributed by atoms with Gasteiger partial charge in [0.25, 0.3) is 5.56 Å². The van der Waals surface area contributed by atoms with Gasteiger partial charge in [-0.15, -0.1) is 0 Å². The first kappa shape index (κ1) is 12.1. The number of pyridine rings is 2. The summed E-state index contributed by atoms with van der Waals surface area (Å²) in [6.45, 7) is 5.83. The van der Waals surface area contributed by atoms with Gasteiger partial charge in [0.2, 0.25) is 0 Å². The lowest BCUT2D eigenvalue weighted by atomic mass is 10.2. The van der Waals surface area contributed by atoms with Crippen LogP contribution in [0.15, 0.2) is 21.4 Å². The highest BCUT2D eigenvalue weighted by Crippen LogP contribution is 2.23. The lowest BCUT2D eigenvalue weighted by Crippen LogP contribution is -2.23. The van der Waals surface area contributed by atoms with Crippen LogP contribution in [-0.4, -0.2) is 9.55 Å². The molecule has 17 heavy (non-hydrogen) atoms. The van der Waals surface area contributed by atoms with Crippen molar-refractivity contribution in [2.24, 2.45) is 0 Å². The van der Waals surface area contributed by atoms with E-state index in [1.807, 2.05) is 20.8 Å². The van der Waals surface area contributed by atoms with Crippen LogP contribution in [0.25, 0.3) is 10.9 Å². The average Bonchev–Trinajstić information content (AvgIpc) is 2.20. The number of hydrogen-bond acceptors (Lipinski definition) is 3. The Labute approximate surface area is 108 Å². The summed E-state index contributed by atoms with van der Waals surface area (Å²) < 4.78 is 2.28.